The highest BCUT2D eigenvalue weighted by Crippen LogP contribution is 2.61. The topological polar surface area (TPSA) is 81.2 Å². The molecule has 4 aliphatic rings. The number of benzene rings is 1. The zero-order valence-electron chi connectivity index (χ0n) is 23.2. The van der Waals surface area contributed by atoms with Crippen molar-refractivity contribution < 1.29 is 19.5 Å². The van der Waals surface area contributed by atoms with E-state index in [0.29, 0.717) is 26.2 Å². The summed E-state index contributed by atoms with van der Waals surface area (Å²) in [6.45, 7) is 7.98. The number of amides is 3. The van der Waals surface area contributed by atoms with Crippen LogP contribution in [0.3, 0.4) is 0 Å². The fourth-order valence-corrected chi connectivity index (χ4v) is 8.85. The second-order valence-corrected chi connectivity index (χ2v) is 13.1. The summed E-state index contributed by atoms with van der Waals surface area (Å²) in [6.07, 6.45) is 11.2. The van der Waals surface area contributed by atoms with Crippen LogP contribution in [0.5, 0.6) is 0 Å². The van der Waals surface area contributed by atoms with Gasteiger partial charge in [-0.3, -0.25) is 14.4 Å². The monoisotopic (exact) mass is 551 g/mol. The molecule has 3 amide bonds. The van der Waals surface area contributed by atoms with Gasteiger partial charge < -0.3 is 19.8 Å². The molecule has 210 valence electrons. The third-order valence-corrected chi connectivity index (χ3v) is 10.6. The van der Waals surface area contributed by atoms with E-state index in [4.69, 9.17) is 0 Å². The molecule has 2 saturated heterocycles. The van der Waals surface area contributed by atoms with Crippen LogP contribution in [0.25, 0.3) is 0 Å². The zero-order chi connectivity index (χ0) is 27.7. The predicted octanol–water partition coefficient (Wildman–Crippen LogP) is 3.49. The van der Waals surface area contributed by atoms with Gasteiger partial charge in [0.15, 0.2) is 0 Å². The Morgan fingerprint density at radius 2 is 1.74 bits per heavy atom. The standard InChI is InChI=1S/C31H41N3O4S/c1-4-5-9-16-32-18-11-15-31-26(29(37)34(27(31)30(32)38)23(20-35)21(2)3)25-24(39-31)14-10-17-33(28(25)36)19-22-12-7-6-8-13-22/h6-8,10-15,21,23-27,35H,4-5,9,16-20H2,1-3H3/t23-,24-,25+,26-,27?,31-/m0/s1. The quantitative estimate of drug-likeness (QED) is 0.376. The predicted molar refractivity (Wildman–Crippen MR) is 154 cm³/mol. The summed E-state index contributed by atoms with van der Waals surface area (Å²) in [5, 5.41) is 10.2. The van der Waals surface area contributed by atoms with Crippen molar-refractivity contribution in [3.63, 3.8) is 0 Å². The minimum Gasteiger partial charge on any atom is -0.394 e. The number of hydrogen-bond acceptors (Lipinski definition) is 5. The lowest BCUT2D eigenvalue weighted by atomic mass is 9.78. The van der Waals surface area contributed by atoms with Crippen molar-refractivity contribution in [3.05, 3.63) is 60.2 Å². The molecule has 4 heterocycles. The summed E-state index contributed by atoms with van der Waals surface area (Å²) in [4.78, 5) is 48.4. The summed E-state index contributed by atoms with van der Waals surface area (Å²) in [5.41, 5.74) is 1.04. The first kappa shape index (κ1) is 28.0. The van der Waals surface area contributed by atoms with Gasteiger partial charge in [-0.15, -0.1) is 11.8 Å². The average Bonchev–Trinajstić information content (AvgIpc) is 3.24. The number of rotatable bonds is 9. The first-order valence-electron chi connectivity index (χ1n) is 14.4. The molecule has 0 aromatic heterocycles. The molecule has 0 saturated carbocycles. The van der Waals surface area contributed by atoms with Crippen molar-refractivity contribution >= 4 is 29.5 Å². The van der Waals surface area contributed by atoms with Crippen molar-refractivity contribution in [1.29, 1.82) is 0 Å². The molecule has 2 fully saturated rings. The van der Waals surface area contributed by atoms with Crippen LogP contribution in [0, 0.1) is 17.8 Å². The van der Waals surface area contributed by atoms with Gasteiger partial charge in [-0.2, -0.15) is 0 Å². The third-order valence-electron chi connectivity index (χ3n) is 8.83. The maximum atomic E-state index is 14.5. The molecule has 1 aromatic rings. The maximum absolute atomic E-state index is 14.5. The Balaban J connectivity index is 1.55. The third kappa shape index (κ3) is 4.84. The van der Waals surface area contributed by atoms with Crippen LogP contribution in [0.15, 0.2) is 54.6 Å². The summed E-state index contributed by atoms with van der Waals surface area (Å²) >= 11 is 1.60. The van der Waals surface area contributed by atoms with Gasteiger partial charge in [0.1, 0.15) is 6.04 Å². The first-order valence-corrected chi connectivity index (χ1v) is 15.3. The number of unbranched alkanes of at least 4 members (excludes halogenated alkanes) is 2. The van der Waals surface area contributed by atoms with Gasteiger partial charge in [0.2, 0.25) is 17.7 Å². The molecular formula is C31H41N3O4S. The Bertz CT molecular complexity index is 1140. The van der Waals surface area contributed by atoms with E-state index in [1.807, 2.05) is 66.1 Å². The van der Waals surface area contributed by atoms with Gasteiger partial charge in [-0.1, -0.05) is 88.2 Å². The molecule has 0 aliphatic carbocycles. The van der Waals surface area contributed by atoms with E-state index in [-0.39, 0.29) is 35.5 Å². The molecule has 1 aromatic carbocycles. The van der Waals surface area contributed by atoms with E-state index < -0.39 is 28.7 Å². The van der Waals surface area contributed by atoms with Crippen LogP contribution in [-0.2, 0) is 20.9 Å². The number of nitrogens with zero attached hydrogens (tertiary/aromatic N) is 3. The summed E-state index contributed by atoms with van der Waals surface area (Å²) in [5.74, 6) is -1.53. The van der Waals surface area contributed by atoms with Crippen LogP contribution in [0.2, 0.25) is 0 Å². The van der Waals surface area contributed by atoms with Crippen molar-refractivity contribution in [2.45, 2.75) is 68.7 Å². The zero-order valence-corrected chi connectivity index (χ0v) is 24.1. The molecule has 1 spiro atoms. The normalized spacial score (nSPS) is 30.9. The first-order chi connectivity index (χ1) is 18.8. The van der Waals surface area contributed by atoms with Crippen molar-refractivity contribution in [2.75, 3.05) is 26.2 Å². The number of thioether (sulfide) groups is 1. The molecule has 39 heavy (non-hydrogen) atoms. The lowest BCUT2D eigenvalue weighted by molar-refractivity contribution is -0.147. The molecule has 7 nitrogen and oxygen atoms in total. The number of hydrogen-bond donors (Lipinski definition) is 1. The van der Waals surface area contributed by atoms with Gasteiger partial charge >= 0.3 is 0 Å². The second-order valence-electron chi connectivity index (χ2n) is 11.6. The van der Waals surface area contributed by atoms with E-state index in [9.17, 15) is 19.5 Å². The minimum absolute atomic E-state index is 0.0350. The minimum atomic E-state index is -0.846. The molecule has 5 rings (SSSR count). The smallest absolute Gasteiger partial charge is 0.247 e. The van der Waals surface area contributed by atoms with Crippen LogP contribution >= 0.6 is 11.8 Å². The Labute approximate surface area is 236 Å². The van der Waals surface area contributed by atoms with Gasteiger partial charge in [-0.05, 0) is 17.9 Å². The summed E-state index contributed by atoms with van der Waals surface area (Å²) in [7, 11) is 0. The lowest BCUT2D eigenvalue weighted by Gasteiger charge is -2.39. The van der Waals surface area contributed by atoms with Crippen LogP contribution in [0.1, 0.15) is 45.6 Å². The fourth-order valence-electron chi connectivity index (χ4n) is 6.85. The Morgan fingerprint density at radius 1 is 1.00 bits per heavy atom. The van der Waals surface area contributed by atoms with Crippen LogP contribution in [-0.4, -0.2) is 85.8 Å². The summed E-state index contributed by atoms with van der Waals surface area (Å²) in [6, 6.07) is 8.68. The fraction of sp³-hybridized carbons (Fsp3) is 0.581. The molecule has 1 N–H and O–H groups in total. The molecule has 6 atom stereocenters. The Morgan fingerprint density at radius 3 is 2.44 bits per heavy atom. The molecule has 0 bridgehead atoms. The highest BCUT2D eigenvalue weighted by atomic mass is 32.2. The van der Waals surface area contributed by atoms with Gasteiger partial charge in [0.05, 0.1) is 29.2 Å². The second kappa shape index (κ2) is 11.5. The SMILES string of the molecule is CCCCCN1CC=C[C@]23S[C@H]4C=CCN(Cc5ccccc5)C(=O)[C@H]4[C@H]2C(=O)N([C@@H](CO)C(C)C)C3C1=O. The number of aliphatic hydroxyl groups is 1. The number of likely N-dealkylation sites (tertiary alicyclic amines) is 1. The average molecular weight is 552 g/mol. The van der Waals surface area contributed by atoms with Crippen LogP contribution < -0.4 is 0 Å². The molecule has 4 aliphatic heterocycles. The lowest BCUT2D eigenvalue weighted by Crippen LogP contribution is -2.57. The Hall–Kier alpha value is -2.58. The van der Waals surface area contributed by atoms with Crippen molar-refractivity contribution in [2.24, 2.45) is 17.8 Å². The molecule has 8 heteroatoms. The molecular weight excluding hydrogens is 510 g/mol. The maximum Gasteiger partial charge on any atom is 0.247 e. The van der Waals surface area contributed by atoms with Gasteiger partial charge in [0.25, 0.3) is 0 Å². The van der Waals surface area contributed by atoms with E-state index in [1.165, 1.54) is 0 Å². The molecule has 1 unspecified atom stereocenters. The Kier molecular flexibility index (Phi) is 8.24. The van der Waals surface area contributed by atoms with E-state index in [2.05, 4.69) is 19.1 Å². The van der Waals surface area contributed by atoms with Gasteiger partial charge in [0, 0.05) is 31.4 Å². The van der Waals surface area contributed by atoms with E-state index >= 15 is 0 Å². The largest absolute Gasteiger partial charge is 0.394 e. The molecule has 0 radical (unpaired) electrons. The summed E-state index contributed by atoms with van der Waals surface area (Å²) < 4.78 is -0.846. The number of fused-ring (bicyclic) bond motifs is 2. The van der Waals surface area contributed by atoms with Gasteiger partial charge in [-0.25, -0.2) is 0 Å². The number of aliphatic hydroxyl groups excluding tert-OH is 1. The van der Waals surface area contributed by atoms with Crippen molar-refractivity contribution in [1.82, 2.24) is 14.7 Å². The highest BCUT2D eigenvalue weighted by Gasteiger charge is 2.71. The van der Waals surface area contributed by atoms with E-state index in [1.54, 1.807) is 16.7 Å². The van der Waals surface area contributed by atoms with Crippen LogP contribution in [0.4, 0.5) is 0 Å². The highest BCUT2D eigenvalue weighted by molar-refractivity contribution is 8.02. The number of carbonyl (C=O) groups excluding carboxylic acids is 3. The van der Waals surface area contributed by atoms with Crippen molar-refractivity contribution in [3.8, 4) is 0 Å². The van der Waals surface area contributed by atoms with E-state index in [0.717, 1.165) is 24.8 Å². The number of carbonyl (C=O) groups is 3.